The maximum atomic E-state index is 12.6. The predicted molar refractivity (Wildman–Crippen MR) is 98.6 cm³/mol. The highest BCUT2D eigenvalue weighted by molar-refractivity contribution is 5.76. The molecule has 1 fully saturated rings. The Kier molecular flexibility index (Phi) is 5.36. The van der Waals surface area contributed by atoms with Gasteiger partial charge in [-0.2, -0.15) is 5.10 Å². The molecule has 0 unspecified atom stereocenters. The zero-order valence-electron chi connectivity index (χ0n) is 15.4. The third-order valence-corrected chi connectivity index (χ3v) is 4.99. The van der Waals surface area contributed by atoms with E-state index in [0.717, 1.165) is 43.9 Å². The number of rotatable bonds is 5. The quantitative estimate of drug-likeness (QED) is 0.837. The van der Waals surface area contributed by atoms with Gasteiger partial charge in [-0.3, -0.25) is 9.48 Å². The summed E-state index contributed by atoms with van der Waals surface area (Å²) in [7, 11) is 5.92. The Balaban J connectivity index is 1.61. The van der Waals surface area contributed by atoms with Crippen molar-refractivity contribution >= 4 is 11.7 Å². The number of aryl methyl sites for hydroxylation is 2. The molecule has 0 bridgehead atoms. The van der Waals surface area contributed by atoms with E-state index in [4.69, 9.17) is 0 Å². The molecule has 2 aromatic rings. The minimum absolute atomic E-state index is 0.243. The summed E-state index contributed by atoms with van der Waals surface area (Å²) in [6, 6.07) is 6.21. The SMILES string of the molecule is CN(C)c1cc([C@@H]2CCCN(C(=O)CCc3ccnn3C)C2)ccn1. The van der Waals surface area contributed by atoms with Crippen molar-refractivity contribution < 1.29 is 4.79 Å². The molecule has 0 aliphatic carbocycles. The highest BCUT2D eigenvalue weighted by atomic mass is 16.2. The number of anilines is 1. The lowest BCUT2D eigenvalue weighted by atomic mass is 9.91. The number of hydrogen-bond acceptors (Lipinski definition) is 4. The van der Waals surface area contributed by atoms with Gasteiger partial charge in [0.05, 0.1) is 0 Å². The number of carbonyl (C=O) groups is 1. The van der Waals surface area contributed by atoms with Gasteiger partial charge in [0.25, 0.3) is 0 Å². The number of hydrogen-bond donors (Lipinski definition) is 0. The van der Waals surface area contributed by atoms with Gasteiger partial charge in [-0.15, -0.1) is 0 Å². The van der Waals surface area contributed by atoms with Crippen LogP contribution in [-0.2, 0) is 18.3 Å². The minimum atomic E-state index is 0.243. The first-order chi connectivity index (χ1) is 12.0. The topological polar surface area (TPSA) is 54.3 Å². The first kappa shape index (κ1) is 17.5. The fourth-order valence-electron chi connectivity index (χ4n) is 3.45. The molecule has 25 heavy (non-hydrogen) atoms. The van der Waals surface area contributed by atoms with Crippen molar-refractivity contribution in [2.75, 3.05) is 32.1 Å². The van der Waals surface area contributed by atoms with Crippen LogP contribution in [0.4, 0.5) is 5.82 Å². The number of aromatic nitrogens is 3. The summed E-state index contributed by atoms with van der Waals surface area (Å²) in [6.07, 6.45) is 7.13. The third kappa shape index (κ3) is 4.18. The van der Waals surface area contributed by atoms with Crippen LogP contribution in [-0.4, -0.2) is 52.8 Å². The van der Waals surface area contributed by atoms with Crippen molar-refractivity contribution in [3.8, 4) is 0 Å². The standard InChI is InChI=1S/C19H27N5O/c1-22(2)18-13-15(8-10-20-18)16-5-4-12-24(14-16)19(25)7-6-17-9-11-21-23(17)3/h8-11,13,16H,4-7,12,14H2,1-3H3/t16-/m1/s1. The summed E-state index contributed by atoms with van der Waals surface area (Å²) in [6.45, 7) is 1.67. The molecule has 6 nitrogen and oxygen atoms in total. The van der Waals surface area contributed by atoms with Crippen LogP contribution in [0.25, 0.3) is 0 Å². The second kappa shape index (κ2) is 7.68. The van der Waals surface area contributed by atoms with E-state index in [9.17, 15) is 4.79 Å². The average molecular weight is 341 g/mol. The molecule has 3 rings (SSSR count). The molecule has 1 aliphatic heterocycles. The van der Waals surface area contributed by atoms with E-state index < -0.39 is 0 Å². The number of nitrogens with zero attached hydrogens (tertiary/aromatic N) is 5. The van der Waals surface area contributed by atoms with Crippen LogP contribution in [0.15, 0.2) is 30.6 Å². The predicted octanol–water partition coefficient (Wildman–Crippen LogP) is 2.22. The molecule has 134 valence electrons. The van der Waals surface area contributed by atoms with Crippen LogP contribution in [0.2, 0.25) is 0 Å². The van der Waals surface area contributed by atoms with Crippen LogP contribution in [0.1, 0.15) is 36.4 Å². The lowest BCUT2D eigenvalue weighted by Gasteiger charge is -2.33. The molecule has 0 aromatic carbocycles. The van der Waals surface area contributed by atoms with Gasteiger partial charge in [0, 0.05) is 64.7 Å². The molecule has 1 amide bonds. The summed E-state index contributed by atoms with van der Waals surface area (Å²) in [5, 5.41) is 4.16. The van der Waals surface area contributed by atoms with Gasteiger partial charge in [-0.1, -0.05) is 0 Å². The Morgan fingerprint density at radius 2 is 2.16 bits per heavy atom. The molecular weight excluding hydrogens is 314 g/mol. The molecule has 3 heterocycles. The first-order valence-corrected chi connectivity index (χ1v) is 8.92. The fourth-order valence-corrected chi connectivity index (χ4v) is 3.45. The lowest BCUT2D eigenvalue weighted by Crippen LogP contribution is -2.39. The van der Waals surface area contributed by atoms with Crippen LogP contribution in [0.5, 0.6) is 0 Å². The molecule has 2 aromatic heterocycles. The van der Waals surface area contributed by atoms with E-state index in [-0.39, 0.29) is 5.91 Å². The molecule has 0 N–H and O–H groups in total. The Labute approximate surface area is 149 Å². The first-order valence-electron chi connectivity index (χ1n) is 8.92. The number of pyridine rings is 1. The molecule has 1 saturated heterocycles. The Morgan fingerprint density at radius 3 is 2.88 bits per heavy atom. The van der Waals surface area contributed by atoms with Crippen molar-refractivity contribution in [1.29, 1.82) is 0 Å². The van der Waals surface area contributed by atoms with Gasteiger partial charge in [-0.05, 0) is 43.0 Å². The molecule has 1 atom stereocenters. The summed E-state index contributed by atoms with van der Waals surface area (Å²) in [5.41, 5.74) is 2.38. The van der Waals surface area contributed by atoms with E-state index in [1.54, 1.807) is 6.20 Å². The molecular formula is C19H27N5O. The Bertz CT molecular complexity index is 724. The number of piperidine rings is 1. The fraction of sp³-hybridized carbons (Fsp3) is 0.526. The average Bonchev–Trinajstić information content (AvgIpc) is 3.05. The van der Waals surface area contributed by atoms with Gasteiger partial charge in [0.15, 0.2) is 0 Å². The zero-order valence-corrected chi connectivity index (χ0v) is 15.4. The lowest BCUT2D eigenvalue weighted by molar-refractivity contribution is -0.132. The van der Waals surface area contributed by atoms with E-state index in [2.05, 4.69) is 22.2 Å². The van der Waals surface area contributed by atoms with Crippen molar-refractivity contribution in [2.45, 2.75) is 31.6 Å². The summed E-state index contributed by atoms with van der Waals surface area (Å²) in [5.74, 6) is 1.61. The maximum Gasteiger partial charge on any atom is 0.222 e. The van der Waals surface area contributed by atoms with Crippen LogP contribution in [0.3, 0.4) is 0 Å². The molecule has 0 spiro atoms. The van der Waals surface area contributed by atoms with E-state index in [1.807, 2.05) is 47.9 Å². The highest BCUT2D eigenvalue weighted by Crippen LogP contribution is 2.28. The molecule has 1 aliphatic rings. The summed E-state index contributed by atoms with van der Waals surface area (Å²) < 4.78 is 1.84. The number of amides is 1. The van der Waals surface area contributed by atoms with Gasteiger partial charge >= 0.3 is 0 Å². The van der Waals surface area contributed by atoms with Crippen molar-refractivity contribution in [3.63, 3.8) is 0 Å². The summed E-state index contributed by atoms with van der Waals surface area (Å²) >= 11 is 0. The molecule has 6 heteroatoms. The summed E-state index contributed by atoms with van der Waals surface area (Å²) in [4.78, 5) is 21.1. The van der Waals surface area contributed by atoms with Gasteiger partial charge in [-0.25, -0.2) is 4.98 Å². The van der Waals surface area contributed by atoms with Crippen molar-refractivity contribution in [1.82, 2.24) is 19.7 Å². The smallest absolute Gasteiger partial charge is 0.222 e. The van der Waals surface area contributed by atoms with Gasteiger partial charge in [0.2, 0.25) is 5.91 Å². The second-order valence-corrected chi connectivity index (χ2v) is 6.97. The largest absolute Gasteiger partial charge is 0.363 e. The Hall–Kier alpha value is -2.37. The maximum absolute atomic E-state index is 12.6. The highest BCUT2D eigenvalue weighted by Gasteiger charge is 2.25. The van der Waals surface area contributed by atoms with Gasteiger partial charge in [0.1, 0.15) is 5.82 Å². The third-order valence-electron chi connectivity index (χ3n) is 4.99. The van der Waals surface area contributed by atoms with Crippen LogP contribution >= 0.6 is 0 Å². The normalized spacial score (nSPS) is 17.6. The van der Waals surface area contributed by atoms with E-state index in [1.165, 1.54) is 5.56 Å². The van der Waals surface area contributed by atoms with Crippen molar-refractivity contribution in [3.05, 3.63) is 41.9 Å². The number of likely N-dealkylation sites (tertiary alicyclic amines) is 1. The second-order valence-electron chi connectivity index (χ2n) is 6.97. The van der Waals surface area contributed by atoms with Gasteiger partial charge < -0.3 is 9.80 Å². The molecule has 0 saturated carbocycles. The molecule has 0 radical (unpaired) electrons. The van der Waals surface area contributed by atoms with Crippen molar-refractivity contribution in [2.24, 2.45) is 7.05 Å². The van der Waals surface area contributed by atoms with E-state index in [0.29, 0.717) is 12.3 Å². The Morgan fingerprint density at radius 1 is 1.32 bits per heavy atom. The van der Waals surface area contributed by atoms with E-state index >= 15 is 0 Å². The van der Waals surface area contributed by atoms with Crippen LogP contribution < -0.4 is 4.90 Å². The monoisotopic (exact) mass is 341 g/mol. The van der Waals surface area contributed by atoms with Crippen LogP contribution in [0, 0.1) is 0 Å². The minimum Gasteiger partial charge on any atom is -0.363 e. The number of carbonyl (C=O) groups excluding carboxylic acids is 1. The zero-order chi connectivity index (χ0) is 17.8.